The third kappa shape index (κ3) is 5.61. The SMILES string of the molecule is CC(C)(C)CC(C)(C)NC(=S)N1CCN(c2cnccn2)CC1. The molecule has 0 bridgehead atoms. The molecule has 0 spiro atoms. The molecule has 0 saturated carbocycles. The summed E-state index contributed by atoms with van der Waals surface area (Å²) < 4.78 is 0. The van der Waals surface area contributed by atoms with E-state index in [-0.39, 0.29) is 11.0 Å². The van der Waals surface area contributed by atoms with E-state index >= 15 is 0 Å². The summed E-state index contributed by atoms with van der Waals surface area (Å²) in [5.74, 6) is 0.944. The second-order valence-electron chi connectivity index (χ2n) is 8.09. The molecule has 0 radical (unpaired) electrons. The van der Waals surface area contributed by atoms with Crippen molar-refractivity contribution in [1.82, 2.24) is 20.2 Å². The van der Waals surface area contributed by atoms with Crippen LogP contribution < -0.4 is 10.2 Å². The van der Waals surface area contributed by atoms with E-state index in [1.165, 1.54) is 0 Å². The number of anilines is 1. The van der Waals surface area contributed by atoms with Gasteiger partial charge in [0.15, 0.2) is 5.11 Å². The van der Waals surface area contributed by atoms with Crippen LogP contribution in [0.5, 0.6) is 0 Å². The van der Waals surface area contributed by atoms with Crippen LogP contribution in [-0.2, 0) is 0 Å². The number of rotatable bonds is 3. The molecular weight excluding hydrogens is 306 g/mol. The maximum atomic E-state index is 5.63. The zero-order chi connectivity index (χ0) is 17.1. The molecule has 1 N–H and O–H groups in total. The van der Waals surface area contributed by atoms with Crippen molar-refractivity contribution in [2.45, 2.75) is 46.6 Å². The first-order chi connectivity index (χ1) is 10.7. The Hall–Kier alpha value is -1.43. The molecular formula is C17H29N5S. The molecule has 0 unspecified atom stereocenters. The standard InChI is InChI=1S/C17H29N5S/c1-16(2,3)13-17(4,5)20-15(23)22-10-8-21(9-11-22)14-12-18-6-7-19-14/h6-7,12H,8-11,13H2,1-5H3,(H,20,23). The first kappa shape index (κ1) is 17.9. The molecule has 0 atom stereocenters. The average Bonchev–Trinajstić information content (AvgIpc) is 2.45. The van der Waals surface area contributed by atoms with Crippen LogP contribution in [0.15, 0.2) is 18.6 Å². The molecule has 1 aliphatic rings. The Balaban J connectivity index is 1.86. The second kappa shape index (κ2) is 6.99. The molecule has 23 heavy (non-hydrogen) atoms. The lowest BCUT2D eigenvalue weighted by Gasteiger charge is -2.40. The molecule has 1 saturated heterocycles. The topological polar surface area (TPSA) is 44.3 Å². The number of thiocarbonyl (C=S) groups is 1. The molecule has 1 aliphatic heterocycles. The highest BCUT2D eigenvalue weighted by Gasteiger charge is 2.28. The van der Waals surface area contributed by atoms with Gasteiger partial charge in [-0.2, -0.15) is 0 Å². The van der Waals surface area contributed by atoms with E-state index < -0.39 is 0 Å². The molecule has 5 nitrogen and oxygen atoms in total. The quantitative estimate of drug-likeness (QED) is 0.857. The zero-order valence-electron chi connectivity index (χ0n) is 15.0. The molecule has 1 fully saturated rings. The van der Waals surface area contributed by atoms with Crippen LogP contribution in [0.2, 0.25) is 0 Å². The van der Waals surface area contributed by atoms with Gasteiger partial charge in [-0.15, -0.1) is 0 Å². The molecule has 1 aromatic heterocycles. The third-order valence-corrected chi connectivity index (χ3v) is 4.22. The highest BCUT2D eigenvalue weighted by atomic mass is 32.1. The first-order valence-electron chi connectivity index (χ1n) is 8.24. The minimum Gasteiger partial charge on any atom is -0.358 e. The molecule has 2 rings (SSSR count). The second-order valence-corrected chi connectivity index (χ2v) is 8.48. The minimum absolute atomic E-state index is 0.00261. The fourth-order valence-electron chi connectivity index (χ4n) is 3.33. The summed E-state index contributed by atoms with van der Waals surface area (Å²) in [6.45, 7) is 14.9. The van der Waals surface area contributed by atoms with E-state index in [0.717, 1.165) is 43.5 Å². The molecule has 2 heterocycles. The van der Waals surface area contributed by atoms with Crippen LogP contribution >= 0.6 is 12.2 Å². The summed E-state index contributed by atoms with van der Waals surface area (Å²) >= 11 is 5.63. The Morgan fingerprint density at radius 1 is 1.13 bits per heavy atom. The van der Waals surface area contributed by atoms with Crippen LogP contribution in [0, 0.1) is 5.41 Å². The third-order valence-electron chi connectivity index (χ3n) is 3.86. The van der Waals surface area contributed by atoms with Crippen molar-refractivity contribution in [3.63, 3.8) is 0 Å². The maximum Gasteiger partial charge on any atom is 0.169 e. The molecule has 0 amide bonds. The Morgan fingerprint density at radius 2 is 1.78 bits per heavy atom. The average molecular weight is 336 g/mol. The van der Waals surface area contributed by atoms with Gasteiger partial charge in [0.2, 0.25) is 0 Å². The fraction of sp³-hybridized carbons (Fsp3) is 0.706. The normalized spacial score (nSPS) is 16.4. The summed E-state index contributed by atoms with van der Waals surface area (Å²) in [5, 5.41) is 4.41. The van der Waals surface area contributed by atoms with Gasteiger partial charge >= 0.3 is 0 Å². The van der Waals surface area contributed by atoms with Gasteiger partial charge in [-0.25, -0.2) is 4.98 Å². The number of nitrogens with zero attached hydrogens (tertiary/aromatic N) is 4. The largest absolute Gasteiger partial charge is 0.358 e. The highest BCUT2D eigenvalue weighted by Crippen LogP contribution is 2.27. The molecule has 0 aliphatic carbocycles. The summed E-state index contributed by atoms with van der Waals surface area (Å²) in [7, 11) is 0. The van der Waals surface area contributed by atoms with Crippen molar-refractivity contribution < 1.29 is 0 Å². The summed E-state index contributed by atoms with van der Waals surface area (Å²) in [6, 6.07) is 0. The Bertz CT molecular complexity index is 516. The van der Waals surface area contributed by atoms with Gasteiger partial charge in [-0.1, -0.05) is 20.8 Å². The summed E-state index contributed by atoms with van der Waals surface area (Å²) in [5.41, 5.74) is 0.272. The van der Waals surface area contributed by atoms with Gasteiger partial charge in [0.05, 0.1) is 6.20 Å². The fourth-order valence-corrected chi connectivity index (χ4v) is 3.79. The van der Waals surface area contributed by atoms with E-state index in [2.05, 4.69) is 59.7 Å². The number of nitrogens with one attached hydrogen (secondary N) is 1. The Morgan fingerprint density at radius 3 is 2.30 bits per heavy atom. The monoisotopic (exact) mass is 335 g/mol. The van der Waals surface area contributed by atoms with Crippen LogP contribution in [0.1, 0.15) is 41.0 Å². The van der Waals surface area contributed by atoms with Gasteiger partial charge in [0, 0.05) is 44.1 Å². The van der Waals surface area contributed by atoms with Crippen LogP contribution in [-0.4, -0.2) is 51.7 Å². The van der Waals surface area contributed by atoms with Gasteiger partial charge in [0.25, 0.3) is 0 Å². The van der Waals surface area contributed by atoms with E-state index in [4.69, 9.17) is 12.2 Å². The van der Waals surface area contributed by atoms with Crippen molar-refractivity contribution >= 4 is 23.1 Å². The van der Waals surface area contributed by atoms with Crippen molar-refractivity contribution in [2.24, 2.45) is 5.41 Å². The van der Waals surface area contributed by atoms with Gasteiger partial charge in [0.1, 0.15) is 5.82 Å². The lowest BCUT2D eigenvalue weighted by Crippen LogP contribution is -2.56. The van der Waals surface area contributed by atoms with Gasteiger partial charge in [-0.05, 0) is 37.9 Å². The predicted octanol–water partition coefficient (Wildman–Crippen LogP) is 2.69. The van der Waals surface area contributed by atoms with Crippen molar-refractivity contribution in [3.8, 4) is 0 Å². The Kier molecular flexibility index (Phi) is 5.45. The zero-order valence-corrected chi connectivity index (χ0v) is 15.8. The van der Waals surface area contributed by atoms with E-state index in [1.54, 1.807) is 12.4 Å². The first-order valence-corrected chi connectivity index (χ1v) is 8.65. The van der Waals surface area contributed by atoms with Gasteiger partial charge < -0.3 is 15.1 Å². The van der Waals surface area contributed by atoms with Crippen molar-refractivity contribution in [2.75, 3.05) is 31.1 Å². The summed E-state index contributed by atoms with van der Waals surface area (Å²) in [4.78, 5) is 13.0. The smallest absolute Gasteiger partial charge is 0.169 e. The number of piperazine rings is 1. The maximum absolute atomic E-state index is 5.63. The van der Waals surface area contributed by atoms with Crippen LogP contribution in [0.4, 0.5) is 5.82 Å². The lowest BCUT2D eigenvalue weighted by molar-refractivity contribution is 0.257. The van der Waals surface area contributed by atoms with Gasteiger partial charge in [-0.3, -0.25) is 4.98 Å². The van der Waals surface area contributed by atoms with Crippen LogP contribution in [0.3, 0.4) is 0 Å². The number of aromatic nitrogens is 2. The Labute approximate surface area is 145 Å². The number of hydrogen-bond acceptors (Lipinski definition) is 4. The highest BCUT2D eigenvalue weighted by molar-refractivity contribution is 7.80. The van der Waals surface area contributed by atoms with E-state index in [0.29, 0.717) is 0 Å². The van der Waals surface area contributed by atoms with E-state index in [9.17, 15) is 0 Å². The predicted molar refractivity (Wildman–Crippen MR) is 99.7 cm³/mol. The number of hydrogen-bond donors (Lipinski definition) is 1. The van der Waals surface area contributed by atoms with Crippen molar-refractivity contribution in [1.29, 1.82) is 0 Å². The molecule has 6 heteroatoms. The van der Waals surface area contributed by atoms with E-state index in [1.807, 2.05) is 6.20 Å². The van der Waals surface area contributed by atoms with Crippen molar-refractivity contribution in [3.05, 3.63) is 18.6 Å². The lowest BCUT2D eigenvalue weighted by atomic mass is 9.82. The summed E-state index contributed by atoms with van der Waals surface area (Å²) in [6.07, 6.45) is 6.33. The molecule has 128 valence electrons. The van der Waals surface area contributed by atoms with Crippen LogP contribution in [0.25, 0.3) is 0 Å². The molecule has 0 aromatic carbocycles. The minimum atomic E-state index is -0.00261. The molecule has 1 aromatic rings.